The van der Waals surface area contributed by atoms with Gasteiger partial charge in [0.05, 0.1) is 0 Å². The van der Waals surface area contributed by atoms with Crippen LogP contribution in [0.25, 0.3) is 0 Å². The zero-order valence-corrected chi connectivity index (χ0v) is 9.71. The summed E-state index contributed by atoms with van der Waals surface area (Å²) < 4.78 is 0. The van der Waals surface area contributed by atoms with Crippen molar-refractivity contribution in [1.29, 1.82) is 0 Å². The highest BCUT2D eigenvalue weighted by Crippen LogP contribution is 2.16. The van der Waals surface area contributed by atoms with Crippen LogP contribution in [-0.4, -0.2) is 5.11 Å². The molecule has 0 aliphatic heterocycles. The van der Waals surface area contributed by atoms with Gasteiger partial charge in [0, 0.05) is 0 Å². The molecule has 0 aliphatic rings. The largest absolute Gasteiger partial charge is 0.508 e. The van der Waals surface area contributed by atoms with Gasteiger partial charge in [0.25, 0.3) is 0 Å². The molecule has 2 aromatic carbocycles. The average Bonchev–Trinajstić information content (AvgIpc) is 2.38. The first-order valence-electron chi connectivity index (χ1n) is 5.82. The van der Waals surface area contributed by atoms with Crippen LogP contribution in [0.5, 0.6) is 5.75 Å². The smallest absolute Gasteiger partial charge is 0.119 e. The molecule has 1 nitrogen and oxygen atoms in total. The van der Waals surface area contributed by atoms with Gasteiger partial charge in [-0.25, -0.2) is 0 Å². The number of benzene rings is 2. The van der Waals surface area contributed by atoms with Crippen molar-refractivity contribution < 1.29 is 5.11 Å². The maximum atomic E-state index is 9.59. The average molecular weight is 224 g/mol. The molecule has 1 heteroatoms. The maximum Gasteiger partial charge on any atom is 0.119 e. The molecule has 1 N–H and O–H groups in total. The van der Waals surface area contributed by atoms with Crippen LogP contribution in [0.4, 0.5) is 0 Å². The molecule has 0 bridgehead atoms. The van der Waals surface area contributed by atoms with Gasteiger partial charge >= 0.3 is 0 Å². The van der Waals surface area contributed by atoms with E-state index >= 15 is 0 Å². The quantitative estimate of drug-likeness (QED) is 0.784. The highest BCUT2D eigenvalue weighted by atomic mass is 16.3. The van der Waals surface area contributed by atoms with Crippen molar-refractivity contribution in [2.75, 3.05) is 0 Å². The molecule has 2 aromatic rings. The van der Waals surface area contributed by atoms with Crippen molar-refractivity contribution in [3.63, 3.8) is 0 Å². The fourth-order valence-electron chi connectivity index (χ4n) is 1.73. The van der Waals surface area contributed by atoms with Gasteiger partial charge in [0.1, 0.15) is 5.75 Å². The first-order valence-corrected chi connectivity index (χ1v) is 5.82. The van der Waals surface area contributed by atoms with E-state index in [2.05, 4.69) is 24.3 Å². The van der Waals surface area contributed by atoms with E-state index in [1.165, 1.54) is 5.56 Å². The molecule has 0 spiro atoms. The van der Waals surface area contributed by atoms with Gasteiger partial charge in [-0.1, -0.05) is 60.7 Å². The Kier molecular flexibility index (Phi) is 3.98. The van der Waals surface area contributed by atoms with E-state index in [0.29, 0.717) is 5.75 Å². The lowest BCUT2D eigenvalue weighted by molar-refractivity contribution is 0.469. The molecule has 0 aliphatic carbocycles. The summed E-state index contributed by atoms with van der Waals surface area (Å²) >= 11 is 0. The first-order chi connectivity index (χ1) is 8.36. The normalized spacial score (nSPS) is 10.8. The van der Waals surface area contributed by atoms with Crippen LogP contribution in [-0.2, 0) is 12.8 Å². The van der Waals surface area contributed by atoms with Gasteiger partial charge in [-0.2, -0.15) is 0 Å². The van der Waals surface area contributed by atoms with Crippen LogP contribution in [0.15, 0.2) is 66.7 Å². The van der Waals surface area contributed by atoms with Crippen molar-refractivity contribution in [2.45, 2.75) is 12.8 Å². The summed E-state index contributed by atoms with van der Waals surface area (Å²) in [5, 5.41) is 9.59. The lowest BCUT2D eigenvalue weighted by atomic mass is 10.1. The number of rotatable bonds is 4. The fourth-order valence-corrected chi connectivity index (χ4v) is 1.73. The Morgan fingerprint density at radius 3 is 2.18 bits per heavy atom. The van der Waals surface area contributed by atoms with Crippen molar-refractivity contribution in [2.24, 2.45) is 0 Å². The second-order valence-electron chi connectivity index (χ2n) is 3.99. The molecule has 0 radical (unpaired) electrons. The Balaban J connectivity index is 1.89. The minimum atomic E-state index is 0.372. The predicted molar refractivity (Wildman–Crippen MR) is 71.1 cm³/mol. The van der Waals surface area contributed by atoms with Gasteiger partial charge < -0.3 is 5.11 Å². The van der Waals surface area contributed by atoms with E-state index in [1.807, 2.05) is 36.4 Å². The Morgan fingerprint density at radius 2 is 1.41 bits per heavy atom. The third-order valence-electron chi connectivity index (χ3n) is 2.69. The van der Waals surface area contributed by atoms with Crippen LogP contribution in [0.2, 0.25) is 0 Å². The number of aromatic hydroxyl groups is 1. The van der Waals surface area contributed by atoms with Crippen molar-refractivity contribution in [1.82, 2.24) is 0 Å². The van der Waals surface area contributed by atoms with E-state index in [4.69, 9.17) is 0 Å². The molecule has 2 rings (SSSR count). The summed E-state index contributed by atoms with van der Waals surface area (Å²) in [7, 11) is 0. The minimum absolute atomic E-state index is 0.372. The number of phenolic OH excluding ortho intramolecular Hbond substituents is 1. The third-order valence-corrected chi connectivity index (χ3v) is 2.69. The Bertz CT molecular complexity index is 486. The molecule has 0 fully saturated rings. The highest BCUT2D eigenvalue weighted by Gasteiger charge is 1.95. The minimum Gasteiger partial charge on any atom is -0.508 e. The van der Waals surface area contributed by atoms with Crippen molar-refractivity contribution in [3.8, 4) is 5.75 Å². The van der Waals surface area contributed by atoms with Crippen LogP contribution in [0, 0.1) is 0 Å². The monoisotopic (exact) mass is 224 g/mol. The van der Waals surface area contributed by atoms with E-state index in [1.54, 1.807) is 6.07 Å². The first kappa shape index (κ1) is 11.5. The van der Waals surface area contributed by atoms with Gasteiger partial charge in [0.15, 0.2) is 0 Å². The summed E-state index contributed by atoms with van der Waals surface area (Å²) in [6.07, 6.45) is 5.96. The third kappa shape index (κ3) is 3.49. The molecular weight excluding hydrogens is 208 g/mol. The Labute approximate surface area is 102 Å². The van der Waals surface area contributed by atoms with E-state index in [9.17, 15) is 5.11 Å². The zero-order valence-electron chi connectivity index (χ0n) is 9.71. The number of allylic oxidation sites excluding steroid dienone is 2. The molecular formula is C16H16O. The topological polar surface area (TPSA) is 20.2 Å². The molecule has 0 atom stereocenters. The molecule has 0 aromatic heterocycles. The molecule has 0 heterocycles. The van der Waals surface area contributed by atoms with Crippen LogP contribution >= 0.6 is 0 Å². The van der Waals surface area contributed by atoms with E-state index < -0.39 is 0 Å². The van der Waals surface area contributed by atoms with Gasteiger partial charge in [-0.3, -0.25) is 0 Å². The standard InChI is InChI=1S/C16H16O/c17-16-13-7-6-12-15(16)11-5-4-10-14-8-2-1-3-9-14/h1-9,12-13,17H,10-11H2. The molecule has 86 valence electrons. The van der Waals surface area contributed by atoms with Crippen molar-refractivity contribution in [3.05, 3.63) is 77.9 Å². The van der Waals surface area contributed by atoms with Crippen LogP contribution in [0.1, 0.15) is 11.1 Å². The summed E-state index contributed by atoms with van der Waals surface area (Å²) in [5.74, 6) is 0.372. The van der Waals surface area contributed by atoms with E-state index in [-0.39, 0.29) is 0 Å². The number of hydrogen-bond acceptors (Lipinski definition) is 1. The van der Waals surface area contributed by atoms with Gasteiger partial charge in [-0.15, -0.1) is 0 Å². The molecule has 0 unspecified atom stereocenters. The SMILES string of the molecule is Oc1ccccc1CC=CCc1ccccc1. The highest BCUT2D eigenvalue weighted by molar-refractivity contribution is 5.33. The summed E-state index contributed by atoms with van der Waals surface area (Å²) in [6, 6.07) is 17.8. The second kappa shape index (κ2) is 5.90. The second-order valence-corrected chi connectivity index (χ2v) is 3.99. The van der Waals surface area contributed by atoms with Crippen LogP contribution < -0.4 is 0 Å². The van der Waals surface area contributed by atoms with Crippen LogP contribution in [0.3, 0.4) is 0 Å². The molecule has 0 amide bonds. The summed E-state index contributed by atoms with van der Waals surface area (Å²) in [5.41, 5.74) is 2.28. The predicted octanol–water partition coefficient (Wildman–Crippen LogP) is 3.73. The number of para-hydroxylation sites is 1. The Hall–Kier alpha value is -2.02. The molecule has 17 heavy (non-hydrogen) atoms. The summed E-state index contributed by atoms with van der Waals surface area (Å²) in [6.45, 7) is 0. The molecule has 0 saturated heterocycles. The van der Waals surface area contributed by atoms with E-state index in [0.717, 1.165) is 18.4 Å². The summed E-state index contributed by atoms with van der Waals surface area (Å²) in [4.78, 5) is 0. The number of hydrogen-bond donors (Lipinski definition) is 1. The Morgan fingerprint density at radius 1 is 0.765 bits per heavy atom. The van der Waals surface area contributed by atoms with Gasteiger partial charge in [0.2, 0.25) is 0 Å². The number of phenols is 1. The maximum absolute atomic E-state index is 9.59. The molecule has 0 saturated carbocycles. The lowest BCUT2D eigenvalue weighted by Gasteiger charge is -1.99. The van der Waals surface area contributed by atoms with Crippen molar-refractivity contribution >= 4 is 0 Å². The fraction of sp³-hybridized carbons (Fsp3) is 0.125. The zero-order chi connectivity index (χ0) is 11.9. The van der Waals surface area contributed by atoms with Gasteiger partial charge in [-0.05, 0) is 30.0 Å². The lowest BCUT2D eigenvalue weighted by Crippen LogP contribution is -1.83.